The van der Waals surface area contributed by atoms with Gasteiger partial charge in [0.05, 0.1) is 6.61 Å². The molecule has 0 heterocycles. The SMILES string of the molecule is OCC(I)Cc1cccc(-c2cccc(CC(I)CCl)c2)c1. The maximum Gasteiger partial charge on any atom is 0.0552 e. The Morgan fingerprint density at radius 2 is 1.36 bits per heavy atom. The van der Waals surface area contributed by atoms with Crippen LogP contribution in [0, 0.1) is 0 Å². The highest BCUT2D eigenvalue weighted by molar-refractivity contribution is 14.1. The predicted octanol–water partition coefficient (Wildman–Crippen LogP) is 5.28. The van der Waals surface area contributed by atoms with Crippen LogP contribution >= 0.6 is 56.8 Å². The fourth-order valence-electron chi connectivity index (χ4n) is 2.39. The summed E-state index contributed by atoms with van der Waals surface area (Å²) in [5.74, 6) is 0.679. The van der Waals surface area contributed by atoms with E-state index in [1.807, 2.05) is 0 Å². The third-order valence-electron chi connectivity index (χ3n) is 3.47. The Balaban J connectivity index is 2.20. The highest BCUT2D eigenvalue weighted by atomic mass is 127. The monoisotopic (exact) mass is 540 g/mol. The quantitative estimate of drug-likeness (QED) is 0.375. The first-order valence-corrected chi connectivity index (χ1v) is 10.3. The normalized spacial score (nSPS) is 13.8. The Bertz CT molecular complexity index is 550. The first-order valence-electron chi connectivity index (χ1n) is 7.25. The molecule has 0 aromatic heterocycles. The standard InChI is InChI=1S/C18H19ClI2O/c19-11-17(20)9-13-3-1-5-15(7-13)16-6-2-4-14(8-16)10-18(21)12-22/h1-8,17-18,22H,9-12H2. The third kappa shape index (κ3) is 5.65. The van der Waals surface area contributed by atoms with Crippen LogP contribution in [-0.4, -0.2) is 25.4 Å². The molecule has 0 bridgehead atoms. The number of alkyl halides is 3. The Labute approximate surface area is 164 Å². The van der Waals surface area contributed by atoms with E-state index in [4.69, 9.17) is 11.6 Å². The molecule has 2 aromatic rings. The molecule has 0 radical (unpaired) electrons. The molecule has 0 fully saturated rings. The molecule has 22 heavy (non-hydrogen) atoms. The van der Waals surface area contributed by atoms with Crippen molar-refractivity contribution in [2.45, 2.75) is 20.7 Å². The molecule has 0 spiro atoms. The lowest BCUT2D eigenvalue weighted by molar-refractivity contribution is 0.299. The van der Waals surface area contributed by atoms with Crippen LogP contribution in [0.2, 0.25) is 0 Å². The van der Waals surface area contributed by atoms with E-state index in [9.17, 15) is 5.11 Å². The van der Waals surface area contributed by atoms with Gasteiger partial charge in [-0.15, -0.1) is 11.6 Å². The number of hydrogen-bond acceptors (Lipinski definition) is 1. The summed E-state index contributed by atoms with van der Waals surface area (Å²) in [5, 5.41) is 9.21. The summed E-state index contributed by atoms with van der Waals surface area (Å²) in [6.07, 6.45) is 1.89. The second-order valence-electron chi connectivity index (χ2n) is 5.34. The Kier molecular flexibility index (Phi) is 7.94. The summed E-state index contributed by atoms with van der Waals surface area (Å²) in [4.78, 5) is 0. The van der Waals surface area contributed by atoms with Crippen LogP contribution < -0.4 is 0 Å². The molecule has 118 valence electrons. The Morgan fingerprint density at radius 1 is 0.864 bits per heavy atom. The summed E-state index contributed by atoms with van der Waals surface area (Å²) in [5.41, 5.74) is 5.07. The zero-order chi connectivity index (χ0) is 15.9. The molecule has 0 aliphatic carbocycles. The van der Waals surface area contributed by atoms with Crippen LogP contribution in [0.4, 0.5) is 0 Å². The molecule has 2 unspecified atom stereocenters. The van der Waals surface area contributed by atoms with Crippen molar-refractivity contribution in [3.63, 3.8) is 0 Å². The molecule has 1 N–H and O–H groups in total. The van der Waals surface area contributed by atoms with Crippen molar-refractivity contribution >= 4 is 56.8 Å². The van der Waals surface area contributed by atoms with Crippen molar-refractivity contribution in [3.8, 4) is 11.1 Å². The lowest BCUT2D eigenvalue weighted by Gasteiger charge is -2.11. The van der Waals surface area contributed by atoms with E-state index in [0.717, 1.165) is 12.8 Å². The van der Waals surface area contributed by atoms with Gasteiger partial charge in [0, 0.05) is 13.7 Å². The van der Waals surface area contributed by atoms with Crippen molar-refractivity contribution in [3.05, 3.63) is 59.7 Å². The van der Waals surface area contributed by atoms with Gasteiger partial charge in [-0.2, -0.15) is 0 Å². The van der Waals surface area contributed by atoms with Gasteiger partial charge in [-0.05, 0) is 35.1 Å². The minimum absolute atomic E-state index is 0.218. The van der Waals surface area contributed by atoms with Crippen LogP contribution in [-0.2, 0) is 12.8 Å². The molecule has 0 aliphatic heterocycles. The van der Waals surface area contributed by atoms with Crippen molar-refractivity contribution in [2.75, 3.05) is 12.5 Å². The van der Waals surface area contributed by atoms with E-state index >= 15 is 0 Å². The van der Waals surface area contributed by atoms with Crippen LogP contribution in [0.1, 0.15) is 11.1 Å². The van der Waals surface area contributed by atoms with E-state index < -0.39 is 0 Å². The van der Waals surface area contributed by atoms with Gasteiger partial charge in [0.15, 0.2) is 0 Å². The zero-order valence-corrected chi connectivity index (χ0v) is 17.3. The van der Waals surface area contributed by atoms with Gasteiger partial charge in [-0.3, -0.25) is 0 Å². The Hall–Kier alpha value is 0.150. The lowest BCUT2D eigenvalue weighted by atomic mass is 9.98. The van der Waals surface area contributed by atoms with Crippen molar-refractivity contribution in [1.82, 2.24) is 0 Å². The fraction of sp³-hybridized carbons (Fsp3) is 0.333. The molecule has 0 saturated carbocycles. The average Bonchev–Trinajstić information content (AvgIpc) is 2.55. The molecule has 4 heteroatoms. The molecule has 0 amide bonds. The first-order chi connectivity index (χ1) is 10.6. The molecule has 1 nitrogen and oxygen atoms in total. The van der Waals surface area contributed by atoms with Gasteiger partial charge in [-0.25, -0.2) is 0 Å². The van der Waals surface area contributed by atoms with E-state index in [1.165, 1.54) is 22.3 Å². The third-order valence-corrected chi connectivity index (χ3v) is 6.08. The van der Waals surface area contributed by atoms with Crippen molar-refractivity contribution in [1.29, 1.82) is 0 Å². The van der Waals surface area contributed by atoms with E-state index in [-0.39, 0.29) is 10.5 Å². The highest BCUT2D eigenvalue weighted by Crippen LogP contribution is 2.24. The second-order valence-corrected chi connectivity index (χ2v) is 9.17. The molecule has 2 aromatic carbocycles. The van der Waals surface area contributed by atoms with E-state index in [1.54, 1.807) is 0 Å². The summed E-state index contributed by atoms with van der Waals surface area (Å²) in [6.45, 7) is 0.218. The average molecular weight is 541 g/mol. The van der Waals surface area contributed by atoms with Gasteiger partial charge < -0.3 is 5.11 Å². The summed E-state index contributed by atoms with van der Waals surface area (Å²) >= 11 is 10.6. The number of benzene rings is 2. The van der Waals surface area contributed by atoms with Gasteiger partial charge in [0.25, 0.3) is 0 Å². The highest BCUT2D eigenvalue weighted by Gasteiger charge is 2.07. The second kappa shape index (κ2) is 9.45. The molecule has 2 atom stereocenters. The largest absolute Gasteiger partial charge is 0.395 e. The lowest BCUT2D eigenvalue weighted by Crippen LogP contribution is -2.07. The van der Waals surface area contributed by atoms with Crippen molar-refractivity contribution in [2.24, 2.45) is 0 Å². The number of rotatable bonds is 7. The fourth-order valence-corrected chi connectivity index (χ4v) is 3.51. The van der Waals surface area contributed by atoms with Gasteiger partial charge in [0.2, 0.25) is 0 Å². The smallest absolute Gasteiger partial charge is 0.0552 e. The molecule has 0 saturated heterocycles. The van der Waals surface area contributed by atoms with Crippen LogP contribution in [0.25, 0.3) is 11.1 Å². The van der Waals surface area contributed by atoms with Crippen LogP contribution in [0.3, 0.4) is 0 Å². The summed E-state index contributed by atoms with van der Waals surface area (Å²) in [7, 11) is 0. The maximum atomic E-state index is 9.21. The van der Waals surface area contributed by atoms with Gasteiger partial charge >= 0.3 is 0 Å². The minimum Gasteiger partial charge on any atom is -0.395 e. The number of aliphatic hydroxyl groups excluding tert-OH is 1. The molecule has 2 rings (SSSR count). The van der Waals surface area contributed by atoms with E-state index in [2.05, 4.69) is 93.7 Å². The predicted molar refractivity (Wildman–Crippen MR) is 113 cm³/mol. The number of hydrogen-bond donors (Lipinski definition) is 1. The van der Waals surface area contributed by atoms with Gasteiger partial charge in [0.1, 0.15) is 0 Å². The summed E-state index contributed by atoms with van der Waals surface area (Å²) in [6, 6.07) is 17.3. The summed E-state index contributed by atoms with van der Waals surface area (Å²) < 4.78 is 0.730. The Morgan fingerprint density at radius 3 is 1.82 bits per heavy atom. The number of halogens is 3. The number of aliphatic hydroxyl groups is 1. The maximum absolute atomic E-state index is 9.21. The molecule has 0 aliphatic rings. The van der Waals surface area contributed by atoms with Crippen LogP contribution in [0.5, 0.6) is 0 Å². The minimum atomic E-state index is 0.218. The van der Waals surface area contributed by atoms with Crippen LogP contribution in [0.15, 0.2) is 48.5 Å². The van der Waals surface area contributed by atoms with Gasteiger partial charge in [-0.1, -0.05) is 93.7 Å². The van der Waals surface area contributed by atoms with Crippen molar-refractivity contribution < 1.29 is 5.11 Å². The first kappa shape index (κ1) is 18.5. The van der Waals surface area contributed by atoms with E-state index in [0.29, 0.717) is 9.80 Å². The molecular formula is C18H19ClI2O. The zero-order valence-electron chi connectivity index (χ0n) is 12.2. The topological polar surface area (TPSA) is 20.2 Å². The molecular weight excluding hydrogens is 521 g/mol.